The number of nitrogens with zero attached hydrogens (tertiary/aromatic N) is 1. The lowest BCUT2D eigenvalue weighted by Crippen LogP contribution is -2.12. The van der Waals surface area contributed by atoms with Gasteiger partial charge in [0.05, 0.1) is 24.0 Å². The van der Waals surface area contributed by atoms with E-state index >= 15 is 0 Å². The van der Waals surface area contributed by atoms with Crippen LogP contribution in [0.3, 0.4) is 0 Å². The first-order chi connectivity index (χ1) is 9.26. The molecule has 5 heteroatoms. The maximum Gasteiger partial charge on any atom is 0.315 e. The second-order valence-electron chi connectivity index (χ2n) is 3.72. The van der Waals surface area contributed by atoms with Crippen molar-refractivity contribution >= 4 is 17.7 Å². The van der Waals surface area contributed by atoms with Gasteiger partial charge in [0.1, 0.15) is 6.61 Å². The highest BCUT2D eigenvalue weighted by molar-refractivity contribution is 7.99. The molecule has 0 saturated heterocycles. The zero-order valence-electron chi connectivity index (χ0n) is 10.9. The highest BCUT2D eigenvalue weighted by Gasteiger charge is 2.03. The second kappa shape index (κ2) is 9.42. The predicted octanol–water partition coefficient (Wildman–Crippen LogP) is 2.37. The number of benzene rings is 1. The van der Waals surface area contributed by atoms with Crippen molar-refractivity contribution in [2.24, 2.45) is 0 Å². The van der Waals surface area contributed by atoms with E-state index in [0.29, 0.717) is 31.1 Å². The van der Waals surface area contributed by atoms with Crippen molar-refractivity contribution in [3.05, 3.63) is 35.4 Å². The number of ether oxygens (including phenoxy) is 2. The molecule has 0 amide bonds. The van der Waals surface area contributed by atoms with Crippen LogP contribution in [-0.4, -0.2) is 31.5 Å². The third-order valence-corrected chi connectivity index (χ3v) is 3.24. The molecule has 0 radical (unpaired) electrons. The Morgan fingerprint density at radius 2 is 2.05 bits per heavy atom. The maximum atomic E-state index is 11.4. The van der Waals surface area contributed by atoms with Gasteiger partial charge in [-0.15, -0.1) is 11.8 Å². The Bertz CT molecular complexity index is 425. The van der Waals surface area contributed by atoms with E-state index in [1.54, 1.807) is 12.1 Å². The third-order valence-electron chi connectivity index (χ3n) is 2.27. The van der Waals surface area contributed by atoms with Crippen LogP contribution in [0.15, 0.2) is 24.3 Å². The fourth-order valence-corrected chi connectivity index (χ4v) is 2.11. The lowest BCUT2D eigenvalue weighted by atomic mass is 10.2. The number of carbonyl (C=O) groups excluding carboxylic acids is 1. The van der Waals surface area contributed by atoms with Gasteiger partial charge in [0.15, 0.2) is 0 Å². The Labute approximate surface area is 117 Å². The van der Waals surface area contributed by atoms with Crippen LogP contribution in [0.2, 0.25) is 0 Å². The summed E-state index contributed by atoms with van der Waals surface area (Å²) in [4.78, 5) is 11.4. The number of carbonyl (C=O) groups is 1. The van der Waals surface area contributed by atoms with Gasteiger partial charge in [0.2, 0.25) is 0 Å². The molecule has 4 nitrogen and oxygen atoms in total. The van der Waals surface area contributed by atoms with Gasteiger partial charge < -0.3 is 9.47 Å². The minimum atomic E-state index is -0.224. The summed E-state index contributed by atoms with van der Waals surface area (Å²) in [6, 6.07) is 9.41. The summed E-state index contributed by atoms with van der Waals surface area (Å²) in [6.45, 7) is 3.28. The average Bonchev–Trinajstić information content (AvgIpc) is 2.44. The van der Waals surface area contributed by atoms with E-state index in [2.05, 4.69) is 6.07 Å². The molecule has 1 aromatic rings. The summed E-state index contributed by atoms with van der Waals surface area (Å²) in [5.74, 6) is 0.830. The van der Waals surface area contributed by atoms with Crippen molar-refractivity contribution in [1.82, 2.24) is 0 Å². The molecule has 0 N–H and O–H groups in total. The maximum absolute atomic E-state index is 11.4. The van der Waals surface area contributed by atoms with Crippen molar-refractivity contribution in [3.63, 3.8) is 0 Å². The molecule has 0 aliphatic heterocycles. The van der Waals surface area contributed by atoms with Gasteiger partial charge in [-0.2, -0.15) is 5.26 Å². The topological polar surface area (TPSA) is 59.3 Å². The third kappa shape index (κ3) is 6.85. The summed E-state index contributed by atoms with van der Waals surface area (Å²) in [5.41, 5.74) is 1.73. The molecule has 0 atom stereocenters. The first-order valence-corrected chi connectivity index (χ1v) is 7.22. The van der Waals surface area contributed by atoms with E-state index in [1.165, 1.54) is 11.8 Å². The van der Waals surface area contributed by atoms with Crippen LogP contribution in [0.1, 0.15) is 18.1 Å². The average molecular weight is 279 g/mol. The molecule has 0 bridgehead atoms. The molecule has 19 heavy (non-hydrogen) atoms. The van der Waals surface area contributed by atoms with Crippen LogP contribution >= 0.6 is 11.8 Å². The first kappa shape index (κ1) is 15.5. The van der Waals surface area contributed by atoms with Gasteiger partial charge in [-0.05, 0) is 24.6 Å². The van der Waals surface area contributed by atoms with Crippen LogP contribution in [-0.2, 0) is 20.0 Å². The Morgan fingerprint density at radius 1 is 1.32 bits per heavy atom. The van der Waals surface area contributed by atoms with E-state index in [1.807, 2.05) is 19.1 Å². The van der Waals surface area contributed by atoms with Crippen LogP contribution in [0.25, 0.3) is 0 Å². The number of hydrogen-bond donors (Lipinski definition) is 0. The Kier molecular flexibility index (Phi) is 7.71. The van der Waals surface area contributed by atoms with Crippen LogP contribution in [0, 0.1) is 11.3 Å². The molecule has 0 aromatic heterocycles. The molecule has 0 aliphatic rings. The molecule has 102 valence electrons. The van der Waals surface area contributed by atoms with Gasteiger partial charge in [-0.1, -0.05) is 12.1 Å². The van der Waals surface area contributed by atoms with Crippen LogP contribution in [0.5, 0.6) is 0 Å². The number of hydrogen-bond acceptors (Lipinski definition) is 5. The molecule has 1 rings (SSSR count). The second-order valence-corrected chi connectivity index (χ2v) is 4.70. The molecule has 1 aromatic carbocycles. The quantitative estimate of drug-likeness (QED) is 0.540. The van der Waals surface area contributed by atoms with Crippen molar-refractivity contribution in [2.75, 3.05) is 25.6 Å². The van der Waals surface area contributed by atoms with Crippen LogP contribution < -0.4 is 0 Å². The van der Waals surface area contributed by atoms with Crippen molar-refractivity contribution < 1.29 is 14.3 Å². The fraction of sp³-hybridized carbons (Fsp3) is 0.429. The van der Waals surface area contributed by atoms with E-state index < -0.39 is 0 Å². The first-order valence-electron chi connectivity index (χ1n) is 6.06. The zero-order chi connectivity index (χ0) is 13.9. The molecule has 0 heterocycles. The largest absolute Gasteiger partial charge is 0.463 e. The van der Waals surface area contributed by atoms with E-state index in [4.69, 9.17) is 14.7 Å². The summed E-state index contributed by atoms with van der Waals surface area (Å²) in [7, 11) is 0. The van der Waals surface area contributed by atoms with Crippen molar-refractivity contribution in [1.29, 1.82) is 5.26 Å². The van der Waals surface area contributed by atoms with Crippen molar-refractivity contribution in [2.45, 2.75) is 12.7 Å². The highest BCUT2D eigenvalue weighted by Crippen LogP contribution is 2.13. The van der Waals surface area contributed by atoms with Gasteiger partial charge >= 0.3 is 5.97 Å². The smallest absolute Gasteiger partial charge is 0.315 e. The lowest BCUT2D eigenvalue weighted by molar-refractivity contribution is -0.141. The highest BCUT2D eigenvalue weighted by atomic mass is 32.2. The Balaban J connectivity index is 2.15. The SMILES string of the molecule is CCOCCOC(=O)CSCc1ccc(C#N)cc1. The lowest BCUT2D eigenvalue weighted by Gasteiger charge is -2.05. The van der Waals surface area contributed by atoms with Gasteiger partial charge in [-0.3, -0.25) is 4.79 Å². The van der Waals surface area contributed by atoms with E-state index in [9.17, 15) is 4.79 Å². The molecular formula is C14H17NO3S. The molecular weight excluding hydrogens is 262 g/mol. The number of nitriles is 1. The molecule has 0 saturated carbocycles. The minimum absolute atomic E-state index is 0.224. The summed E-state index contributed by atoms with van der Waals surface area (Å²) >= 11 is 1.49. The van der Waals surface area contributed by atoms with Gasteiger partial charge in [0, 0.05) is 12.4 Å². The molecule has 0 fully saturated rings. The van der Waals surface area contributed by atoms with Crippen molar-refractivity contribution in [3.8, 4) is 6.07 Å². The van der Waals surface area contributed by atoms with Crippen LogP contribution in [0.4, 0.5) is 0 Å². The molecule has 0 spiro atoms. The van der Waals surface area contributed by atoms with Gasteiger partial charge in [0.25, 0.3) is 0 Å². The zero-order valence-corrected chi connectivity index (χ0v) is 11.7. The summed E-state index contributed by atoms with van der Waals surface area (Å²) in [5, 5.41) is 8.67. The Morgan fingerprint density at radius 3 is 2.68 bits per heavy atom. The van der Waals surface area contributed by atoms with E-state index in [-0.39, 0.29) is 5.97 Å². The Hall–Kier alpha value is -1.51. The van der Waals surface area contributed by atoms with E-state index in [0.717, 1.165) is 11.3 Å². The number of rotatable bonds is 8. The fourth-order valence-electron chi connectivity index (χ4n) is 1.33. The standard InChI is InChI=1S/C14H17NO3S/c1-2-17-7-8-18-14(16)11-19-10-13-5-3-12(9-15)4-6-13/h3-6H,2,7-8,10-11H2,1H3. The molecule has 0 unspecified atom stereocenters. The minimum Gasteiger partial charge on any atom is -0.463 e. The van der Waals surface area contributed by atoms with Gasteiger partial charge in [-0.25, -0.2) is 0 Å². The normalized spacial score (nSPS) is 9.89. The summed E-state index contributed by atoms with van der Waals surface area (Å²) in [6.07, 6.45) is 0. The predicted molar refractivity (Wildman–Crippen MR) is 74.8 cm³/mol. The molecule has 0 aliphatic carbocycles. The monoisotopic (exact) mass is 279 g/mol. The summed E-state index contributed by atoms with van der Waals surface area (Å²) < 4.78 is 10.1. The number of esters is 1. The number of thioether (sulfide) groups is 1.